The normalized spacial score (nSPS) is 17.4. The summed E-state index contributed by atoms with van der Waals surface area (Å²) in [6, 6.07) is 10.7. The lowest BCUT2D eigenvalue weighted by molar-refractivity contribution is -0.385. The number of nitro groups is 1. The van der Waals surface area contributed by atoms with E-state index in [1.54, 1.807) is 36.1 Å². The van der Waals surface area contributed by atoms with Crippen molar-refractivity contribution in [1.82, 2.24) is 4.90 Å². The third-order valence-electron chi connectivity index (χ3n) is 4.34. The smallest absolute Gasteiger partial charge is 0.273 e. The molecule has 0 spiro atoms. The summed E-state index contributed by atoms with van der Waals surface area (Å²) < 4.78 is 19.6. The summed E-state index contributed by atoms with van der Waals surface area (Å²) in [6.45, 7) is 2.38. The second-order valence-corrected chi connectivity index (χ2v) is 5.84. The van der Waals surface area contributed by atoms with Crippen LogP contribution in [0.1, 0.15) is 27.6 Å². The number of hydrogen-bond acceptors (Lipinski definition) is 4. The number of rotatable bonds is 3. The van der Waals surface area contributed by atoms with E-state index >= 15 is 0 Å². The largest absolute Gasteiger partial charge is 0.370 e. The number of amides is 1. The van der Waals surface area contributed by atoms with Crippen LogP contribution in [0.25, 0.3) is 0 Å². The van der Waals surface area contributed by atoms with Gasteiger partial charge in [0, 0.05) is 29.3 Å². The monoisotopic (exact) mass is 344 g/mol. The van der Waals surface area contributed by atoms with Gasteiger partial charge in [0.1, 0.15) is 11.9 Å². The molecule has 0 N–H and O–H groups in total. The molecule has 130 valence electrons. The van der Waals surface area contributed by atoms with Gasteiger partial charge in [-0.3, -0.25) is 14.9 Å². The predicted molar refractivity (Wildman–Crippen MR) is 88.8 cm³/mol. The fourth-order valence-corrected chi connectivity index (χ4v) is 2.98. The first kappa shape index (κ1) is 17.0. The van der Waals surface area contributed by atoms with Crippen LogP contribution in [0.5, 0.6) is 0 Å². The van der Waals surface area contributed by atoms with E-state index < -0.39 is 11.0 Å². The second-order valence-electron chi connectivity index (χ2n) is 5.84. The fourth-order valence-electron chi connectivity index (χ4n) is 2.98. The Morgan fingerprint density at radius 3 is 2.76 bits per heavy atom. The van der Waals surface area contributed by atoms with E-state index in [0.717, 1.165) is 0 Å². The summed E-state index contributed by atoms with van der Waals surface area (Å²) in [5, 5.41) is 11.1. The van der Waals surface area contributed by atoms with E-state index in [1.807, 2.05) is 0 Å². The van der Waals surface area contributed by atoms with Crippen LogP contribution in [-0.2, 0) is 4.74 Å². The van der Waals surface area contributed by atoms with Crippen molar-refractivity contribution in [1.29, 1.82) is 0 Å². The van der Waals surface area contributed by atoms with E-state index in [0.29, 0.717) is 17.7 Å². The Kier molecular flexibility index (Phi) is 4.76. The van der Waals surface area contributed by atoms with E-state index in [2.05, 4.69) is 0 Å². The molecule has 1 aliphatic rings. The molecule has 2 aromatic rings. The maximum Gasteiger partial charge on any atom is 0.273 e. The van der Waals surface area contributed by atoms with E-state index in [1.165, 1.54) is 18.2 Å². The minimum atomic E-state index is -0.557. The molecule has 0 radical (unpaired) electrons. The molecular weight excluding hydrogens is 327 g/mol. The topological polar surface area (TPSA) is 72.7 Å². The Morgan fingerprint density at radius 1 is 1.28 bits per heavy atom. The first-order valence-electron chi connectivity index (χ1n) is 7.88. The van der Waals surface area contributed by atoms with Gasteiger partial charge in [-0.05, 0) is 19.1 Å². The molecule has 1 aliphatic heterocycles. The number of nitrogens with zero attached hydrogens (tertiary/aromatic N) is 2. The molecular formula is C18H17FN2O4. The summed E-state index contributed by atoms with van der Waals surface area (Å²) in [6.07, 6.45) is -0.557. The Labute approximate surface area is 144 Å². The highest BCUT2D eigenvalue weighted by Crippen LogP contribution is 2.27. The minimum Gasteiger partial charge on any atom is -0.370 e. The van der Waals surface area contributed by atoms with E-state index in [4.69, 9.17) is 4.74 Å². The average Bonchev–Trinajstić information content (AvgIpc) is 2.61. The molecule has 1 amide bonds. The Hall–Kier alpha value is -2.80. The zero-order valence-electron chi connectivity index (χ0n) is 13.6. The fraction of sp³-hybridized carbons (Fsp3) is 0.278. The molecule has 2 aromatic carbocycles. The molecule has 0 bridgehead atoms. The van der Waals surface area contributed by atoms with Crippen molar-refractivity contribution in [2.45, 2.75) is 13.0 Å². The van der Waals surface area contributed by atoms with Crippen LogP contribution in [0.3, 0.4) is 0 Å². The van der Waals surface area contributed by atoms with Crippen LogP contribution < -0.4 is 0 Å². The molecule has 0 aromatic heterocycles. The van der Waals surface area contributed by atoms with Gasteiger partial charge in [0.15, 0.2) is 0 Å². The van der Waals surface area contributed by atoms with Crippen molar-refractivity contribution in [3.8, 4) is 0 Å². The number of nitro benzene ring substituents is 1. The van der Waals surface area contributed by atoms with Crippen LogP contribution >= 0.6 is 0 Å². The van der Waals surface area contributed by atoms with Crippen molar-refractivity contribution < 1.29 is 18.8 Å². The summed E-state index contributed by atoms with van der Waals surface area (Å²) in [7, 11) is 0. The molecule has 1 heterocycles. The molecule has 1 atom stereocenters. The second kappa shape index (κ2) is 6.98. The van der Waals surface area contributed by atoms with Crippen molar-refractivity contribution in [3.63, 3.8) is 0 Å². The third-order valence-corrected chi connectivity index (χ3v) is 4.34. The lowest BCUT2D eigenvalue weighted by Crippen LogP contribution is -2.42. The van der Waals surface area contributed by atoms with Crippen LogP contribution in [0.2, 0.25) is 0 Å². The highest BCUT2D eigenvalue weighted by Gasteiger charge is 2.29. The first-order chi connectivity index (χ1) is 12.0. The Bertz CT molecular complexity index is 824. The molecule has 0 saturated carbocycles. The maximum absolute atomic E-state index is 14.0. The van der Waals surface area contributed by atoms with Gasteiger partial charge in [0.05, 0.1) is 18.1 Å². The molecule has 1 saturated heterocycles. The Balaban J connectivity index is 1.85. The zero-order valence-corrected chi connectivity index (χ0v) is 13.6. The van der Waals surface area contributed by atoms with E-state index in [-0.39, 0.29) is 36.1 Å². The molecule has 1 fully saturated rings. The first-order valence-corrected chi connectivity index (χ1v) is 7.88. The number of hydrogen-bond donors (Lipinski definition) is 0. The number of morpholine rings is 1. The van der Waals surface area contributed by atoms with E-state index in [9.17, 15) is 19.3 Å². The van der Waals surface area contributed by atoms with Gasteiger partial charge < -0.3 is 9.64 Å². The highest BCUT2D eigenvalue weighted by molar-refractivity contribution is 5.96. The van der Waals surface area contributed by atoms with Crippen LogP contribution in [0, 0.1) is 22.9 Å². The minimum absolute atomic E-state index is 0.0928. The number of benzene rings is 2. The molecule has 7 heteroatoms. The predicted octanol–water partition coefficient (Wildman–Crippen LogP) is 3.26. The number of carbonyl (C=O) groups excluding carboxylic acids is 1. The van der Waals surface area contributed by atoms with Gasteiger partial charge in [0.2, 0.25) is 0 Å². The summed E-state index contributed by atoms with van der Waals surface area (Å²) >= 11 is 0. The average molecular weight is 344 g/mol. The summed E-state index contributed by atoms with van der Waals surface area (Å²) in [5.74, 6) is -0.695. The molecule has 0 aliphatic carbocycles. The molecule has 25 heavy (non-hydrogen) atoms. The molecule has 6 nitrogen and oxygen atoms in total. The van der Waals surface area contributed by atoms with Gasteiger partial charge in [-0.1, -0.05) is 24.3 Å². The Morgan fingerprint density at radius 2 is 2.04 bits per heavy atom. The quantitative estimate of drug-likeness (QED) is 0.633. The van der Waals surface area contributed by atoms with Crippen molar-refractivity contribution in [3.05, 3.63) is 75.1 Å². The standard InChI is InChI=1S/C18H17FN2O4/c1-12-13(6-4-8-16(12)21(23)24)18(22)20-9-10-25-17(11-20)14-5-2-3-7-15(14)19/h2-8,17H,9-11H2,1H3/t17-/m1/s1. The highest BCUT2D eigenvalue weighted by atomic mass is 19.1. The lowest BCUT2D eigenvalue weighted by atomic mass is 10.0. The van der Waals surface area contributed by atoms with Crippen molar-refractivity contribution in [2.75, 3.05) is 19.7 Å². The zero-order chi connectivity index (χ0) is 18.0. The lowest BCUT2D eigenvalue weighted by Gasteiger charge is -2.33. The molecule has 0 unspecified atom stereocenters. The summed E-state index contributed by atoms with van der Waals surface area (Å²) in [4.78, 5) is 24.9. The number of halogens is 1. The SMILES string of the molecule is Cc1c(C(=O)N2CCO[C@@H](c3ccccc3F)C2)cccc1[N+](=O)[O-]. The number of ether oxygens (including phenoxy) is 1. The van der Waals surface area contributed by atoms with Gasteiger partial charge in [-0.2, -0.15) is 0 Å². The van der Waals surface area contributed by atoms with Gasteiger partial charge >= 0.3 is 0 Å². The van der Waals surface area contributed by atoms with Crippen molar-refractivity contribution >= 4 is 11.6 Å². The van der Waals surface area contributed by atoms with Gasteiger partial charge in [0.25, 0.3) is 11.6 Å². The van der Waals surface area contributed by atoms with Crippen LogP contribution in [-0.4, -0.2) is 35.4 Å². The number of carbonyl (C=O) groups is 1. The van der Waals surface area contributed by atoms with Crippen LogP contribution in [0.15, 0.2) is 42.5 Å². The summed E-state index contributed by atoms with van der Waals surface area (Å²) in [5.41, 5.74) is 0.912. The van der Waals surface area contributed by atoms with Crippen LogP contribution in [0.4, 0.5) is 10.1 Å². The van der Waals surface area contributed by atoms with Crippen molar-refractivity contribution in [2.24, 2.45) is 0 Å². The van der Waals surface area contributed by atoms with Gasteiger partial charge in [-0.25, -0.2) is 4.39 Å². The molecule has 3 rings (SSSR count). The maximum atomic E-state index is 14.0. The third kappa shape index (κ3) is 3.36. The van der Waals surface area contributed by atoms with Gasteiger partial charge in [-0.15, -0.1) is 0 Å².